The molecule has 0 saturated heterocycles. The van der Waals surface area contributed by atoms with Crippen LogP contribution in [0.25, 0.3) is 0 Å². The van der Waals surface area contributed by atoms with Crippen molar-refractivity contribution >= 4 is 19.0 Å². The van der Waals surface area contributed by atoms with Crippen LogP contribution in [0.5, 0.6) is 0 Å². The Bertz CT molecular complexity index is 435. The molecule has 0 aromatic rings. The van der Waals surface area contributed by atoms with Gasteiger partial charge >= 0.3 is 13.1 Å². The lowest BCUT2D eigenvalue weighted by molar-refractivity contribution is -0.149. The van der Waals surface area contributed by atoms with E-state index in [0.717, 1.165) is 6.42 Å². The molecule has 1 aliphatic rings. The number of unbranched alkanes of at least 4 members (excludes halogenated alkanes) is 1. The summed E-state index contributed by atoms with van der Waals surface area (Å²) >= 11 is 0. The first-order chi connectivity index (χ1) is 11.2. The first-order valence-corrected chi connectivity index (χ1v) is 8.87. The SMILES string of the molecule is CC[C@H](C)[C@H](N)C(=O)NC1CC[C@@](CCCCB(O)O)(C(=O)O)C1. The van der Waals surface area contributed by atoms with Gasteiger partial charge in [-0.2, -0.15) is 0 Å². The number of rotatable bonds is 10. The lowest BCUT2D eigenvalue weighted by Crippen LogP contribution is -2.48. The van der Waals surface area contributed by atoms with E-state index in [1.54, 1.807) is 0 Å². The van der Waals surface area contributed by atoms with Crippen LogP contribution in [0.2, 0.25) is 6.32 Å². The maximum atomic E-state index is 12.2. The molecule has 1 fully saturated rings. The zero-order valence-electron chi connectivity index (χ0n) is 14.7. The lowest BCUT2D eigenvalue weighted by Gasteiger charge is -2.25. The fourth-order valence-electron chi connectivity index (χ4n) is 3.38. The summed E-state index contributed by atoms with van der Waals surface area (Å²) in [6.45, 7) is 3.90. The molecule has 7 nitrogen and oxygen atoms in total. The molecule has 0 bridgehead atoms. The Morgan fingerprint density at radius 1 is 1.38 bits per heavy atom. The molecule has 0 aliphatic heterocycles. The van der Waals surface area contributed by atoms with E-state index in [1.807, 2.05) is 13.8 Å². The van der Waals surface area contributed by atoms with Gasteiger partial charge < -0.3 is 26.2 Å². The number of aliphatic carboxylic acids is 1. The van der Waals surface area contributed by atoms with Crippen molar-refractivity contribution in [2.75, 3.05) is 0 Å². The molecule has 1 saturated carbocycles. The minimum Gasteiger partial charge on any atom is -0.481 e. The van der Waals surface area contributed by atoms with Crippen LogP contribution in [0.1, 0.15) is 58.8 Å². The third-order valence-corrected chi connectivity index (χ3v) is 5.34. The number of carbonyl (C=O) groups is 2. The van der Waals surface area contributed by atoms with Gasteiger partial charge in [-0.1, -0.05) is 33.1 Å². The highest BCUT2D eigenvalue weighted by atomic mass is 16.4. The van der Waals surface area contributed by atoms with Gasteiger partial charge in [0.25, 0.3) is 0 Å². The molecule has 1 rings (SSSR count). The standard InChI is InChI=1S/C16H31BN2O5/c1-3-11(2)13(18)14(20)19-12-6-8-16(10-12,15(21)22)7-4-5-9-17(23)24/h11-13,23-24H,3-10,18H2,1-2H3,(H,19,20)(H,21,22)/t11-,12?,13-,16+/m0/s1. The summed E-state index contributed by atoms with van der Waals surface area (Å²) in [7, 11) is -1.34. The summed E-state index contributed by atoms with van der Waals surface area (Å²) in [5.41, 5.74) is 5.09. The van der Waals surface area contributed by atoms with Crippen LogP contribution >= 0.6 is 0 Å². The highest BCUT2D eigenvalue weighted by molar-refractivity contribution is 6.40. The first kappa shape index (κ1) is 20.9. The molecule has 6 N–H and O–H groups in total. The van der Waals surface area contributed by atoms with Gasteiger partial charge in [0, 0.05) is 6.04 Å². The van der Waals surface area contributed by atoms with Crippen LogP contribution in [0.15, 0.2) is 0 Å². The van der Waals surface area contributed by atoms with Gasteiger partial charge in [-0.05, 0) is 37.9 Å². The maximum absolute atomic E-state index is 12.2. The Morgan fingerprint density at radius 2 is 2.04 bits per heavy atom. The highest BCUT2D eigenvalue weighted by Crippen LogP contribution is 2.43. The number of carboxylic acids is 1. The van der Waals surface area contributed by atoms with E-state index in [-0.39, 0.29) is 24.2 Å². The lowest BCUT2D eigenvalue weighted by atomic mass is 9.78. The Labute approximate surface area is 144 Å². The normalized spacial score (nSPS) is 26.0. The van der Waals surface area contributed by atoms with Crippen LogP contribution in [-0.4, -0.2) is 46.2 Å². The summed E-state index contributed by atoms with van der Waals surface area (Å²) in [4.78, 5) is 23.9. The molecule has 0 aromatic heterocycles. The van der Waals surface area contributed by atoms with Crippen molar-refractivity contribution in [3.05, 3.63) is 0 Å². The van der Waals surface area contributed by atoms with Gasteiger partial charge in [-0.3, -0.25) is 9.59 Å². The van der Waals surface area contributed by atoms with Gasteiger partial charge in [0.15, 0.2) is 0 Å². The second kappa shape index (κ2) is 9.39. The Morgan fingerprint density at radius 3 is 2.58 bits per heavy atom. The Balaban J connectivity index is 2.55. The zero-order chi connectivity index (χ0) is 18.3. The van der Waals surface area contributed by atoms with Crippen LogP contribution in [-0.2, 0) is 9.59 Å². The molecule has 0 heterocycles. The van der Waals surface area contributed by atoms with E-state index in [9.17, 15) is 14.7 Å². The number of nitrogens with one attached hydrogen (secondary N) is 1. The number of amides is 1. The third-order valence-electron chi connectivity index (χ3n) is 5.34. The van der Waals surface area contributed by atoms with Gasteiger partial charge in [0.2, 0.25) is 5.91 Å². The number of nitrogens with two attached hydrogens (primary N) is 1. The van der Waals surface area contributed by atoms with Crippen LogP contribution < -0.4 is 11.1 Å². The molecule has 1 unspecified atom stereocenters. The molecule has 1 amide bonds. The molecule has 138 valence electrons. The number of hydrogen-bond acceptors (Lipinski definition) is 5. The predicted octanol–water partition coefficient (Wildman–Crippen LogP) is 0.743. The van der Waals surface area contributed by atoms with E-state index in [4.69, 9.17) is 15.8 Å². The van der Waals surface area contributed by atoms with Gasteiger partial charge in [-0.15, -0.1) is 0 Å². The zero-order valence-corrected chi connectivity index (χ0v) is 14.7. The van der Waals surface area contributed by atoms with Gasteiger partial charge in [-0.25, -0.2) is 0 Å². The average molecular weight is 342 g/mol. The largest absolute Gasteiger partial charge is 0.481 e. The first-order valence-electron chi connectivity index (χ1n) is 8.87. The summed E-state index contributed by atoms with van der Waals surface area (Å²) in [6, 6.07) is -0.729. The summed E-state index contributed by atoms with van der Waals surface area (Å²) < 4.78 is 0. The molecule has 1 aliphatic carbocycles. The van der Waals surface area contributed by atoms with Crippen molar-refractivity contribution in [3.8, 4) is 0 Å². The number of carbonyl (C=O) groups excluding carboxylic acids is 1. The van der Waals surface area contributed by atoms with Crippen molar-refractivity contribution in [1.82, 2.24) is 5.32 Å². The molecular weight excluding hydrogens is 311 g/mol. The predicted molar refractivity (Wildman–Crippen MR) is 92.1 cm³/mol. The topological polar surface area (TPSA) is 133 Å². The van der Waals surface area contributed by atoms with Gasteiger partial charge in [0.05, 0.1) is 11.5 Å². The molecule has 0 aromatic carbocycles. The molecule has 4 atom stereocenters. The van der Waals surface area contributed by atoms with Crippen LogP contribution in [0.3, 0.4) is 0 Å². The van der Waals surface area contributed by atoms with E-state index in [0.29, 0.717) is 38.5 Å². The number of carboxylic acid groups (broad SMARTS) is 1. The van der Waals surface area contributed by atoms with Crippen molar-refractivity contribution in [1.29, 1.82) is 0 Å². The van der Waals surface area contributed by atoms with Crippen LogP contribution in [0, 0.1) is 11.3 Å². The molecule has 8 heteroatoms. The Kier molecular flexibility index (Phi) is 8.19. The van der Waals surface area contributed by atoms with E-state index in [2.05, 4.69) is 5.32 Å². The summed E-state index contributed by atoms with van der Waals surface area (Å²) in [5.74, 6) is -0.963. The average Bonchev–Trinajstić information content (AvgIpc) is 2.94. The molecule has 24 heavy (non-hydrogen) atoms. The summed E-state index contributed by atoms with van der Waals surface area (Å²) in [5, 5.41) is 30.2. The molecular formula is C16H31BN2O5. The van der Waals surface area contributed by atoms with Crippen molar-refractivity contribution < 1.29 is 24.7 Å². The maximum Gasteiger partial charge on any atom is 0.451 e. The fourth-order valence-corrected chi connectivity index (χ4v) is 3.38. The van der Waals surface area contributed by atoms with E-state index in [1.165, 1.54) is 0 Å². The quantitative estimate of drug-likeness (QED) is 0.294. The second-order valence-corrected chi connectivity index (χ2v) is 7.17. The second-order valence-electron chi connectivity index (χ2n) is 7.17. The molecule has 0 radical (unpaired) electrons. The fraction of sp³-hybridized carbons (Fsp3) is 0.875. The Hall–Kier alpha value is -1.12. The number of hydrogen-bond donors (Lipinski definition) is 5. The van der Waals surface area contributed by atoms with E-state index >= 15 is 0 Å². The monoisotopic (exact) mass is 342 g/mol. The minimum absolute atomic E-state index is 0.0838. The van der Waals surface area contributed by atoms with E-state index < -0.39 is 24.5 Å². The highest BCUT2D eigenvalue weighted by Gasteiger charge is 2.45. The van der Waals surface area contributed by atoms with Crippen molar-refractivity contribution in [2.24, 2.45) is 17.1 Å². The summed E-state index contributed by atoms with van der Waals surface area (Å²) in [6.07, 6.45) is 4.30. The molecule has 0 spiro atoms. The smallest absolute Gasteiger partial charge is 0.451 e. The third kappa shape index (κ3) is 5.75. The van der Waals surface area contributed by atoms with Crippen molar-refractivity contribution in [2.45, 2.75) is 77.2 Å². The van der Waals surface area contributed by atoms with Crippen LogP contribution in [0.4, 0.5) is 0 Å². The van der Waals surface area contributed by atoms with Gasteiger partial charge in [0.1, 0.15) is 0 Å². The minimum atomic E-state index is -1.34. The van der Waals surface area contributed by atoms with Crippen molar-refractivity contribution in [3.63, 3.8) is 0 Å².